The van der Waals surface area contributed by atoms with Crippen LogP contribution in [-0.4, -0.2) is 57.7 Å². The molecule has 0 amide bonds. The van der Waals surface area contributed by atoms with Gasteiger partial charge >= 0.3 is 0 Å². The van der Waals surface area contributed by atoms with E-state index in [2.05, 4.69) is 0 Å². The second kappa shape index (κ2) is 6.20. The fraction of sp³-hybridized carbons (Fsp3) is 0.375. The predicted octanol–water partition coefficient (Wildman–Crippen LogP) is 0.0185. The van der Waals surface area contributed by atoms with Gasteiger partial charge in [0, 0.05) is 0 Å². The average Bonchev–Trinajstić information content (AvgIpc) is 2.55. The van der Waals surface area contributed by atoms with Gasteiger partial charge in [-0.15, -0.1) is 0 Å². The Bertz CT molecular complexity index is 643. The van der Waals surface area contributed by atoms with Crippen molar-refractivity contribution in [3.05, 3.63) is 42.5 Å². The molecular formula is C16H18O6. The quantitative estimate of drug-likeness (QED) is 0.638. The van der Waals surface area contributed by atoms with Crippen molar-refractivity contribution in [3.8, 4) is 5.75 Å². The van der Waals surface area contributed by atoms with Crippen LogP contribution in [-0.2, 0) is 4.74 Å². The molecule has 4 N–H and O–H groups in total. The lowest BCUT2D eigenvalue weighted by atomic mass is 9.99. The van der Waals surface area contributed by atoms with E-state index in [0.29, 0.717) is 5.75 Å². The Hall–Kier alpha value is -1.70. The summed E-state index contributed by atoms with van der Waals surface area (Å²) >= 11 is 0. The number of benzene rings is 2. The first-order valence-electron chi connectivity index (χ1n) is 7.06. The van der Waals surface area contributed by atoms with E-state index in [1.807, 2.05) is 30.3 Å². The molecule has 0 radical (unpaired) electrons. The number of aliphatic hydroxyl groups is 4. The van der Waals surface area contributed by atoms with Crippen LogP contribution in [0, 0.1) is 0 Å². The van der Waals surface area contributed by atoms with Crippen LogP contribution in [0.2, 0.25) is 0 Å². The molecular weight excluding hydrogens is 288 g/mol. The highest BCUT2D eigenvalue weighted by molar-refractivity contribution is 5.83. The number of ether oxygens (including phenoxy) is 2. The number of aliphatic hydroxyl groups excluding tert-OH is 4. The molecule has 2 aromatic carbocycles. The van der Waals surface area contributed by atoms with Gasteiger partial charge in [0.05, 0.1) is 6.61 Å². The number of fused-ring (bicyclic) bond motifs is 1. The average molecular weight is 306 g/mol. The maximum absolute atomic E-state index is 9.95. The fourth-order valence-corrected chi connectivity index (χ4v) is 2.54. The van der Waals surface area contributed by atoms with Crippen LogP contribution in [0.4, 0.5) is 0 Å². The van der Waals surface area contributed by atoms with Crippen molar-refractivity contribution in [1.82, 2.24) is 0 Å². The van der Waals surface area contributed by atoms with Crippen molar-refractivity contribution in [3.63, 3.8) is 0 Å². The summed E-state index contributed by atoms with van der Waals surface area (Å²) in [6, 6.07) is 13.1. The topological polar surface area (TPSA) is 99.4 Å². The first kappa shape index (κ1) is 15.2. The van der Waals surface area contributed by atoms with Gasteiger partial charge in [-0.2, -0.15) is 0 Å². The zero-order valence-electron chi connectivity index (χ0n) is 11.7. The molecule has 0 aromatic heterocycles. The maximum atomic E-state index is 9.95. The molecule has 3 rings (SSSR count). The first-order valence-corrected chi connectivity index (χ1v) is 7.06. The van der Waals surface area contributed by atoms with Gasteiger partial charge in [0.15, 0.2) is 0 Å². The Labute approximate surface area is 127 Å². The minimum absolute atomic E-state index is 0.461. The van der Waals surface area contributed by atoms with Crippen LogP contribution in [0.3, 0.4) is 0 Å². The molecule has 1 heterocycles. The summed E-state index contributed by atoms with van der Waals surface area (Å²) in [6.07, 6.45) is -6.40. The summed E-state index contributed by atoms with van der Waals surface area (Å²) in [4.78, 5) is 0. The molecule has 6 heteroatoms. The molecule has 4 unspecified atom stereocenters. The van der Waals surface area contributed by atoms with Gasteiger partial charge in [-0.3, -0.25) is 0 Å². The van der Waals surface area contributed by atoms with E-state index < -0.39 is 37.3 Å². The zero-order chi connectivity index (χ0) is 15.7. The highest BCUT2D eigenvalue weighted by Crippen LogP contribution is 2.26. The molecule has 1 aliphatic heterocycles. The third kappa shape index (κ3) is 2.79. The summed E-state index contributed by atoms with van der Waals surface area (Å²) in [5.41, 5.74) is 0. The van der Waals surface area contributed by atoms with Crippen molar-refractivity contribution in [2.75, 3.05) is 6.61 Å². The number of rotatable bonds is 3. The van der Waals surface area contributed by atoms with Gasteiger partial charge in [0.1, 0.15) is 30.2 Å². The fourth-order valence-electron chi connectivity index (χ4n) is 2.54. The minimum Gasteiger partial charge on any atom is -0.462 e. The lowest BCUT2D eigenvalue weighted by Crippen LogP contribution is -2.60. The summed E-state index contributed by atoms with van der Waals surface area (Å²) in [5.74, 6) is 0.461. The summed E-state index contributed by atoms with van der Waals surface area (Å²) < 4.78 is 10.9. The van der Waals surface area contributed by atoms with Crippen LogP contribution in [0.25, 0.3) is 10.8 Å². The minimum atomic E-state index is -1.45. The molecule has 2 aromatic rings. The lowest BCUT2D eigenvalue weighted by Gasteiger charge is -2.39. The molecule has 1 fully saturated rings. The van der Waals surface area contributed by atoms with Gasteiger partial charge in [-0.05, 0) is 22.9 Å². The normalized spacial score (nSPS) is 32.1. The van der Waals surface area contributed by atoms with Crippen LogP contribution >= 0.6 is 0 Å². The van der Waals surface area contributed by atoms with Crippen LogP contribution in [0.15, 0.2) is 42.5 Å². The number of hydrogen-bond donors (Lipinski definition) is 4. The number of hydrogen-bond acceptors (Lipinski definition) is 6. The maximum Gasteiger partial charge on any atom is 0.229 e. The Morgan fingerprint density at radius 3 is 2.36 bits per heavy atom. The van der Waals surface area contributed by atoms with Gasteiger partial charge in [0.25, 0.3) is 0 Å². The first-order chi connectivity index (χ1) is 10.6. The Morgan fingerprint density at radius 2 is 1.64 bits per heavy atom. The van der Waals surface area contributed by atoms with Gasteiger partial charge in [-0.25, -0.2) is 0 Å². The smallest absolute Gasteiger partial charge is 0.229 e. The molecule has 0 bridgehead atoms. The summed E-state index contributed by atoms with van der Waals surface area (Å²) in [7, 11) is 0. The van der Waals surface area contributed by atoms with Gasteiger partial charge in [0.2, 0.25) is 6.29 Å². The second-order valence-electron chi connectivity index (χ2n) is 5.32. The molecule has 1 aliphatic rings. The van der Waals surface area contributed by atoms with E-state index in [4.69, 9.17) is 14.6 Å². The monoisotopic (exact) mass is 306 g/mol. The standard InChI is InChI=1S/C16H18O6/c17-8-12-13(18)14(19)15(20)16(22-12)21-11-6-5-9-3-1-2-4-10(9)7-11/h1-7,12-20H,8H2/t12?,13?,14?,15?,16-/m1/s1. The molecule has 6 nitrogen and oxygen atoms in total. The third-order valence-electron chi connectivity index (χ3n) is 3.82. The van der Waals surface area contributed by atoms with Crippen LogP contribution in [0.5, 0.6) is 5.75 Å². The predicted molar refractivity (Wildman–Crippen MR) is 78.3 cm³/mol. The van der Waals surface area contributed by atoms with E-state index in [9.17, 15) is 15.3 Å². The molecule has 0 saturated carbocycles. The molecule has 5 atom stereocenters. The summed E-state index contributed by atoms with van der Waals surface area (Å²) in [6.45, 7) is -0.484. The van der Waals surface area contributed by atoms with Crippen molar-refractivity contribution >= 4 is 10.8 Å². The second-order valence-corrected chi connectivity index (χ2v) is 5.32. The van der Waals surface area contributed by atoms with Crippen molar-refractivity contribution in [2.24, 2.45) is 0 Å². The van der Waals surface area contributed by atoms with E-state index in [1.54, 1.807) is 12.1 Å². The Kier molecular flexibility index (Phi) is 4.28. The van der Waals surface area contributed by atoms with Gasteiger partial charge in [-0.1, -0.05) is 30.3 Å². The highest BCUT2D eigenvalue weighted by Gasteiger charge is 2.44. The van der Waals surface area contributed by atoms with Gasteiger partial charge < -0.3 is 29.9 Å². The third-order valence-corrected chi connectivity index (χ3v) is 3.82. The molecule has 1 saturated heterocycles. The zero-order valence-corrected chi connectivity index (χ0v) is 11.7. The molecule has 0 aliphatic carbocycles. The molecule has 0 spiro atoms. The summed E-state index contributed by atoms with van der Waals surface area (Å²) in [5, 5.41) is 40.6. The van der Waals surface area contributed by atoms with Crippen molar-refractivity contribution < 1.29 is 29.9 Å². The highest BCUT2D eigenvalue weighted by atomic mass is 16.7. The Morgan fingerprint density at radius 1 is 0.909 bits per heavy atom. The van der Waals surface area contributed by atoms with Crippen molar-refractivity contribution in [2.45, 2.75) is 30.7 Å². The van der Waals surface area contributed by atoms with Crippen molar-refractivity contribution in [1.29, 1.82) is 0 Å². The van der Waals surface area contributed by atoms with E-state index in [0.717, 1.165) is 10.8 Å². The van der Waals surface area contributed by atoms with E-state index in [1.165, 1.54) is 0 Å². The van der Waals surface area contributed by atoms with Crippen LogP contribution in [0.1, 0.15) is 0 Å². The largest absolute Gasteiger partial charge is 0.462 e. The van der Waals surface area contributed by atoms with Crippen LogP contribution < -0.4 is 4.74 Å². The molecule has 22 heavy (non-hydrogen) atoms. The SMILES string of the molecule is OCC1O[C@@H](Oc2ccc3ccccc3c2)C(O)C(O)C1O. The van der Waals surface area contributed by atoms with E-state index in [-0.39, 0.29) is 0 Å². The van der Waals surface area contributed by atoms with E-state index >= 15 is 0 Å². The molecule has 118 valence electrons. The Balaban J connectivity index is 1.80. The lowest BCUT2D eigenvalue weighted by molar-refractivity contribution is -0.277.